The number of phenolic OH excluding ortho intramolecular Hbond substituents is 1. The lowest BCUT2D eigenvalue weighted by Crippen LogP contribution is -2.04. The third-order valence-electron chi connectivity index (χ3n) is 2.84. The number of aliphatic hydroxyl groups is 1. The Bertz CT molecular complexity index is 656. The number of carboxylic acid groups (broad SMARTS) is 1. The number of carbonyl (C=O) groups is 1. The summed E-state index contributed by atoms with van der Waals surface area (Å²) in [5.74, 6) is -0.672. The zero-order valence-corrected chi connectivity index (χ0v) is 13.3. The van der Waals surface area contributed by atoms with Crippen molar-refractivity contribution in [2.45, 2.75) is 0 Å². The molecule has 0 radical (unpaired) electrons. The zero-order valence-electron chi connectivity index (χ0n) is 13.3. The molecular weight excluding hydrogens is 310 g/mol. The van der Waals surface area contributed by atoms with Gasteiger partial charge in [0.05, 0.1) is 13.7 Å². The highest BCUT2D eigenvalue weighted by molar-refractivity contribution is 5.85. The molecule has 0 spiro atoms. The predicted octanol–water partition coefficient (Wildman–Crippen LogP) is 2.59. The van der Waals surface area contributed by atoms with E-state index in [1.807, 2.05) is 30.3 Å². The van der Waals surface area contributed by atoms with E-state index in [2.05, 4.69) is 5.32 Å². The van der Waals surface area contributed by atoms with Crippen LogP contribution >= 0.6 is 0 Å². The Balaban J connectivity index is 0.000000254. The van der Waals surface area contributed by atoms with Gasteiger partial charge in [-0.1, -0.05) is 24.3 Å². The number of hydrogen-bond donors (Lipinski definition) is 4. The fourth-order valence-electron chi connectivity index (χ4n) is 1.72. The Morgan fingerprint density at radius 1 is 1.21 bits per heavy atom. The first-order valence-corrected chi connectivity index (χ1v) is 7.24. The van der Waals surface area contributed by atoms with E-state index in [-0.39, 0.29) is 12.4 Å². The molecule has 6 heteroatoms. The number of benzene rings is 2. The van der Waals surface area contributed by atoms with Gasteiger partial charge in [-0.15, -0.1) is 0 Å². The molecule has 2 aromatic rings. The Morgan fingerprint density at radius 2 is 1.92 bits per heavy atom. The highest BCUT2D eigenvalue weighted by Crippen LogP contribution is 2.26. The zero-order chi connectivity index (χ0) is 17.8. The van der Waals surface area contributed by atoms with Crippen LogP contribution in [0.3, 0.4) is 0 Å². The molecule has 0 aromatic heterocycles. The van der Waals surface area contributed by atoms with E-state index in [0.29, 0.717) is 17.9 Å². The van der Waals surface area contributed by atoms with Gasteiger partial charge < -0.3 is 25.4 Å². The Morgan fingerprint density at radius 3 is 2.50 bits per heavy atom. The monoisotopic (exact) mass is 331 g/mol. The van der Waals surface area contributed by atoms with Gasteiger partial charge in [0.1, 0.15) is 0 Å². The van der Waals surface area contributed by atoms with Crippen molar-refractivity contribution in [3.63, 3.8) is 0 Å². The molecule has 0 aliphatic carbocycles. The van der Waals surface area contributed by atoms with Crippen molar-refractivity contribution in [2.75, 3.05) is 25.6 Å². The molecule has 0 bridgehead atoms. The van der Waals surface area contributed by atoms with Crippen LogP contribution in [-0.4, -0.2) is 41.6 Å². The van der Waals surface area contributed by atoms with Gasteiger partial charge >= 0.3 is 5.97 Å². The van der Waals surface area contributed by atoms with Crippen molar-refractivity contribution >= 4 is 17.7 Å². The molecule has 0 unspecified atom stereocenters. The lowest BCUT2D eigenvalue weighted by atomic mass is 10.2. The number of aromatic hydroxyl groups is 1. The number of aliphatic hydroxyl groups excluding tert-OH is 1. The number of phenols is 1. The maximum atomic E-state index is 10.2. The number of methoxy groups -OCH3 is 1. The summed E-state index contributed by atoms with van der Waals surface area (Å²) >= 11 is 0. The van der Waals surface area contributed by atoms with Gasteiger partial charge in [0, 0.05) is 18.3 Å². The quantitative estimate of drug-likeness (QED) is 0.607. The van der Waals surface area contributed by atoms with Gasteiger partial charge in [-0.25, -0.2) is 4.79 Å². The van der Waals surface area contributed by atoms with Crippen LogP contribution in [-0.2, 0) is 4.79 Å². The third-order valence-corrected chi connectivity index (χ3v) is 2.84. The van der Waals surface area contributed by atoms with Crippen LogP contribution in [0.15, 0.2) is 54.6 Å². The molecule has 0 saturated carbocycles. The number of hydrogen-bond acceptors (Lipinski definition) is 5. The molecule has 0 atom stereocenters. The van der Waals surface area contributed by atoms with Crippen molar-refractivity contribution in [1.82, 2.24) is 0 Å². The molecule has 24 heavy (non-hydrogen) atoms. The second-order valence-corrected chi connectivity index (χ2v) is 4.62. The average molecular weight is 331 g/mol. The van der Waals surface area contributed by atoms with E-state index in [4.69, 9.17) is 14.9 Å². The topological polar surface area (TPSA) is 99.0 Å². The maximum Gasteiger partial charge on any atom is 0.328 e. The molecule has 0 aliphatic heterocycles. The first kappa shape index (κ1) is 19.1. The summed E-state index contributed by atoms with van der Waals surface area (Å²) in [5.41, 5.74) is 1.71. The van der Waals surface area contributed by atoms with Crippen LogP contribution in [0, 0.1) is 0 Å². The standard InChI is InChI=1S/C10H10O4.C8H11NO/c1-14-9-6-7(2-4-8(9)11)3-5-10(12)13;10-7-6-9-8-4-2-1-3-5-8/h2-6,11H,1H3,(H,12,13);1-5,9-10H,6-7H2. The fourth-order valence-corrected chi connectivity index (χ4v) is 1.72. The van der Waals surface area contributed by atoms with E-state index in [9.17, 15) is 9.90 Å². The number of ether oxygens (including phenoxy) is 1. The van der Waals surface area contributed by atoms with Crippen LogP contribution in [0.2, 0.25) is 0 Å². The molecular formula is C18H21NO5. The normalized spacial score (nSPS) is 9.92. The molecule has 2 rings (SSSR count). The Kier molecular flexibility index (Phi) is 8.49. The van der Waals surface area contributed by atoms with Gasteiger partial charge in [-0.05, 0) is 35.9 Å². The third kappa shape index (κ3) is 7.33. The van der Waals surface area contributed by atoms with Crippen molar-refractivity contribution in [3.05, 3.63) is 60.2 Å². The van der Waals surface area contributed by atoms with Gasteiger partial charge in [-0.2, -0.15) is 0 Å². The number of aliphatic carboxylic acids is 1. The summed E-state index contributed by atoms with van der Waals surface area (Å²) < 4.78 is 4.86. The van der Waals surface area contributed by atoms with Crippen molar-refractivity contribution < 1.29 is 24.9 Å². The van der Waals surface area contributed by atoms with Crippen LogP contribution in [0.1, 0.15) is 5.56 Å². The maximum absolute atomic E-state index is 10.2. The van der Waals surface area contributed by atoms with Gasteiger partial charge in [0.25, 0.3) is 0 Å². The fraction of sp³-hybridized carbons (Fsp3) is 0.167. The summed E-state index contributed by atoms with van der Waals surface area (Å²) in [6.45, 7) is 0.791. The van der Waals surface area contributed by atoms with Crippen LogP contribution < -0.4 is 10.1 Å². The molecule has 2 aromatic carbocycles. The minimum atomic E-state index is -1.02. The summed E-state index contributed by atoms with van der Waals surface area (Å²) in [6.07, 6.45) is 2.44. The lowest BCUT2D eigenvalue weighted by Gasteiger charge is -2.03. The molecule has 0 fully saturated rings. The largest absolute Gasteiger partial charge is 0.504 e. The average Bonchev–Trinajstić information content (AvgIpc) is 2.60. The second-order valence-electron chi connectivity index (χ2n) is 4.62. The van der Waals surface area contributed by atoms with Crippen LogP contribution in [0.25, 0.3) is 6.08 Å². The van der Waals surface area contributed by atoms with E-state index in [1.165, 1.54) is 19.3 Å². The summed E-state index contributed by atoms with van der Waals surface area (Å²) in [6, 6.07) is 14.4. The predicted molar refractivity (Wildman–Crippen MR) is 93.3 cm³/mol. The van der Waals surface area contributed by atoms with Gasteiger partial charge in [-0.3, -0.25) is 0 Å². The lowest BCUT2D eigenvalue weighted by molar-refractivity contribution is -0.131. The van der Waals surface area contributed by atoms with E-state index in [1.54, 1.807) is 12.1 Å². The van der Waals surface area contributed by atoms with Crippen molar-refractivity contribution in [2.24, 2.45) is 0 Å². The van der Waals surface area contributed by atoms with E-state index < -0.39 is 5.97 Å². The number of nitrogens with one attached hydrogen (secondary N) is 1. The SMILES string of the molecule is COc1cc(C=CC(=O)O)ccc1O.OCCNc1ccccc1. The first-order valence-electron chi connectivity index (χ1n) is 7.24. The summed E-state index contributed by atoms with van der Waals surface area (Å²) in [7, 11) is 1.43. The van der Waals surface area contributed by atoms with Gasteiger partial charge in [0.2, 0.25) is 0 Å². The number of para-hydroxylation sites is 1. The molecule has 6 nitrogen and oxygen atoms in total. The minimum Gasteiger partial charge on any atom is -0.504 e. The number of carboxylic acids is 1. The minimum absolute atomic E-state index is 0.0278. The highest BCUT2D eigenvalue weighted by Gasteiger charge is 2.00. The second kappa shape index (κ2) is 10.7. The van der Waals surface area contributed by atoms with Crippen molar-refractivity contribution in [3.8, 4) is 11.5 Å². The summed E-state index contributed by atoms with van der Waals surface area (Å²) in [4.78, 5) is 10.2. The molecule has 0 heterocycles. The van der Waals surface area contributed by atoms with E-state index >= 15 is 0 Å². The van der Waals surface area contributed by atoms with Crippen molar-refractivity contribution in [1.29, 1.82) is 0 Å². The Hall–Kier alpha value is -2.99. The molecule has 128 valence electrons. The Labute approximate surface area is 140 Å². The summed E-state index contributed by atoms with van der Waals surface area (Å²) in [5, 5.41) is 29.1. The molecule has 0 saturated heterocycles. The molecule has 4 N–H and O–H groups in total. The smallest absolute Gasteiger partial charge is 0.328 e. The van der Waals surface area contributed by atoms with Crippen LogP contribution in [0.5, 0.6) is 11.5 Å². The number of rotatable bonds is 6. The first-order chi connectivity index (χ1) is 11.6. The van der Waals surface area contributed by atoms with E-state index in [0.717, 1.165) is 11.8 Å². The highest BCUT2D eigenvalue weighted by atomic mass is 16.5. The van der Waals surface area contributed by atoms with Gasteiger partial charge in [0.15, 0.2) is 11.5 Å². The number of anilines is 1. The van der Waals surface area contributed by atoms with Crippen LogP contribution in [0.4, 0.5) is 5.69 Å². The molecule has 0 aliphatic rings. The molecule has 0 amide bonds.